The molecular formula is C23H30N+. The number of unbranched alkanes of at least 4 members (excludes halogenated alkanes) is 7. The molecule has 0 spiro atoms. The third-order valence-electron chi connectivity index (χ3n) is 5.00. The molecule has 0 atom stereocenters. The van der Waals surface area contributed by atoms with Crippen molar-refractivity contribution < 1.29 is 4.57 Å². The van der Waals surface area contributed by atoms with Crippen molar-refractivity contribution >= 4 is 21.8 Å². The lowest BCUT2D eigenvalue weighted by atomic mass is 10.1. The Morgan fingerprint density at radius 2 is 1.12 bits per heavy atom. The van der Waals surface area contributed by atoms with E-state index in [1.165, 1.54) is 73.2 Å². The van der Waals surface area contributed by atoms with Gasteiger partial charge in [0.05, 0.1) is 0 Å². The molecule has 1 nitrogen and oxygen atoms in total. The van der Waals surface area contributed by atoms with Gasteiger partial charge in [0.1, 0.15) is 6.54 Å². The Balaban J connectivity index is 1.66. The summed E-state index contributed by atoms with van der Waals surface area (Å²) in [5.41, 5.74) is 2.72. The van der Waals surface area contributed by atoms with Gasteiger partial charge in [0.15, 0.2) is 0 Å². The van der Waals surface area contributed by atoms with Crippen molar-refractivity contribution in [3.8, 4) is 0 Å². The van der Waals surface area contributed by atoms with Crippen molar-refractivity contribution in [2.75, 3.05) is 0 Å². The average molecular weight is 321 g/mol. The number of pyridine rings is 1. The zero-order valence-corrected chi connectivity index (χ0v) is 15.0. The third-order valence-corrected chi connectivity index (χ3v) is 5.00. The number of benzene rings is 2. The number of hydrogen-bond donors (Lipinski definition) is 0. The summed E-state index contributed by atoms with van der Waals surface area (Å²) in [4.78, 5) is 0. The Hall–Kier alpha value is -1.89. The number of nitrogens with zero attached hydrogens (tertiary/aromatic N) is 1. The Morgan fingerprint density at radius 3 is 1.71 bits per heavy atom. The van der Waals surface area contributed by atoms with Crippen LogP contribution in [0.25, 0.3) is 21.8 Å². The minimum Gasteiger partial charge on any atom is -0.191 e. The monoisotopic (exact) mass is 320 g/mol. The Labute approximate surface area is 146 Å². The average Bonchev–Trinajstić information content (AvgIpc) is 2.63. The molecular weight excluding hydrogens is 290 g/mol. The summed E-state index contributed by atoms with van der Waals surface area (Å²) in [5.74, 6) is 0. The topological polar surface area (TPSA) is 3.88 Å². The lowest BCUT2D eigenvalue weighted by Gasteiger charge is -2.06. The molecule has 2 aromatic carbocycles. The van der Waals surface area contributed by atoms with Crippen LogP contribution in [-0.2, 0) is 6.54 Å². The van der Waals surface area contributed by atoms with E-state index < -0.39 is 0 Å². The highest BCUT2D eigenvalue weighted by Gasteiger charge is 2.13. The van der Waals surface area contributed by atoms with E-state index in [2.05, 4.69) is 66.1 Å². The molecule has 0 bridgehead atoms. The fourth-order valence-corrected chi connectivity index (χ4v) is 3.65. The number of hydrogen-bond acceptors (Lipinski definition) is 0. The Bertz CT molecular complexity index is 721. The quantitative estimate of drug-likeness (QED) is 0.243. The second-order valence-corrected chi connectivity index (χ2v) is 6.89. The van der Waals surface area contributed by atoms with Gasteiger partial charge in [-0.1, -0.05) is 69.7 Å². The first-order chi connectivity index (χ1) is 11.9. The summed E-state index contributed by atoms with van der Waals surface area (Å²) in [5, 5.41) is 2.69. The number of para-hydroxylation sites is 2. The first-order valence-corrected chi connectivity index (χ1v) is 9.70. The van der Waals surface area contributed by atoms with Crippen molar-refractivity contribution in [3.05, 3.63) is 54.6 Å². The van der Waals surface area contributed by atoms with Gasteiger partial charge < -0.3 is 0 Å². The minimum absolute atomic E-state index is 1.12. The summed E-state index contributed by atoms with van der Waals surface area (Å²) in [6.07, 6.45) is 11.0. The highest BCUT2D eigenvalue weighted by Crippen LogP contribution is 2.18. The highest BCUT2D eigenvalue weighted by atomic mass is 15.0. The molecule has 1 heterocycles. The van der Waals surface area contributed by atoms with E-state index in [0.29, 0.717) is 0 Å². The first kappa shape index (κ1) is 17.0. The predicted molar refractivity (Wildman–Crippen MR) is 104 cm³/mol. The van der Waals surface area contributed by atoms with Gasteiger partial charge >= 0.3 is 0 Å². The molecule has 0 radical (unpaired) electrons. The maximum atomic E-state index is 2.52. The second-order valence-electron chi connectivity index (χ2n) is 6.89. The van der Waals surface area contributed by atoms with Crippen LogP contribution in [0.5, 0.6) is 0 Å². The van der Waals surface area contributed by atoms with Gasteiger partial charge in [-0.15, -0.1) is 0 Å². The van der Waals surface area contributed by atoms with Crippen LogP contribution in [0.1, 0.15) is 58.3 Å². The van der Waals surface area contributed by atoms with Crippen LogP contribution in [0.4, 0.5) is 0 Å². The number of aryl methyl sites for hydroxylation is 1. The molecule has 126 valence electrons. The van der Waals surface area contributed by atoms with E-state index in [1.54, 1.807) is 0 Å². The third kappa shape index (κ3) is 4.14. The Kier molecular flexibility index (Phi) is 6.23. The molecule has 0 saturated carbocycles. The maximum Gasteiger partial charge on any atom is 0.212 e. The van der Waals surface area contributed by atoms with Crippen molar-refractivity contribution in [3.63, 3.8) is 0 Å². The van der Waals surface area contributed by atoms with Crippen LogP contribution in [0.3, 0.4) is 0 Å². The van der Waals surface area contributed by atoms with Crippen LogP contribution >= 0.6 is 0 Å². The highest BCUT2D eigenvalue weighted by molar-refractivity contribution is 5.88. The molecule has 0 aliphatic heterocycles. The minimum atomic E-state index is 1.12. The summed E-state index contributed by atoms with van der Waals surface area (Å²) < 4.78 is 2.52. The van der Waals surface area contributed by atoms with Crippen LogP contribution < -0.4 is 4.57 Å². The molecule has 24 heavy (non-hydrogen) atoms. The first-order valence-electron chi connectivity index (χ1n) is 9.70. The van der Waals surface area contributed by atoms with Crippen LogP contribution in [0, 0.1) is 0 Å². The maximum absolute atomic E-state index is 2.52. The van der Waals surface area contributed by atoms with Gasteiger partial charge in [0.2, 0.25) is 11.0 Å². The smallest absolute Gasteiger partial charge is 0.191 e. The van der Waals surface area contributed by atoms with E-state index in [1.807, 2.05) is 0 Å². The molecule has 0 aliphatic rings. The summed E-state index contributed by atoms with van der Waals surface area (Å²) in [7, 11) is 0. The van der Waals surface area contributed by atoms with Crippen molar-refractivity contribution in [1.29, 1.82) is 0 Å². The van der Waals surface area contributed by atoms with Crippen molar-refractivity contribution in [1.82, 2.24) is 0 Å². The summed E-state index contributed by atoms with van der Waals surface area (Å²) in [6, 6.07) is 19.9. The van der Waals surface area contributed by atoms with Crippen LogP contribution in [0.2, 0.25) is 0 Å². The zero-order chi connectivity index (χ0) is 16.6. The van der Waals surface area contributed by atoms with Gasteiger partial charge in [-0.05, 0) is 24.6 Å². The molecule has 0 N–H and O–H groups in total. The second kappa shape index (κ2) is 8.82. The van der Waals surface area contributed by atoms with Gasteiger partial charge in [-0.25, -0.2) is 0 Å². The van der Waals surface area contributed by atoms with Crippen molar-refractivity contribution in [2.24, 2.45) is 0 Å². The van der Waals surface area contributed by atoms with E-state index in [0.717, 1.165) is 6.54 Å². The van der Waals surface area contributed by atoms with Crippen molar-refractivity contribution in [2.45, 2.75) is 64.8 Å². The molecule has 0 aliphatic carbocycles. The lowest BCUT2D eigenvalue weighted by molar-refractivity contribution is -0.645. The van der Waals surface area contributed by atoms with Gasteiger partial charge in [0, 0.05) is 29.3 Å². The SMILES string of the molecule is CCCCCCCCCC[n+]1c2ccccc2cc2ccccc21. The molecule has 0 saturated heterocycles. The molecule has 0 amide bonds. The fourth-order valence-electron chi connectivity index (χ4n) is 3.65. The summed E-state index contributed by atoms with van der Waals surface area (Å²) in [6.45, 7) is 3.41. The molecule has 0 unspecified atom stereocenters. The number of rotatable bonds is 9. The van der Waals surface area contributed by atoms with Crippen LogP contribution in [-0.4, -0.2) is 0 Å². The number of aromatic nitrogens is 1. The lowest BCUT2D eigenvalue weighted by Crippen LogP contribution is -2.35. The van der Waals surface area contributed by atoms with Crippen LogP contribution in [0.15, 0.2) is 54.6 Å². The molecule has 1 heteroatoms. The largest absolute Gasteiger partial charge is 0.212 e. The van der Waals surface area contributed by atoms with E-state index >= 15 is 0 Å². The van der Waals surface area contributed by atoms with Gasteiger partial charge in [-0.2, -0.15) is 4.57 Å². The Morgan fingerprint density at radius 1 is 0.625 bits per heavy atom. The van der Waals surface area contributed by atoms with Gasteiger partial charge in [-0.3, -0.25) is 0 Å². The standard InChI is InChI=1S/C23H30N/c1-2-3-4-5-6-7-8-13-18-24-22-16-11-9-14-20(22)19-21-15-10-12-17-23(21)24/h9-12,14-17,19H,2-8,13,18H2,1H3/q+1. The van der Waals surface area contributed by atoms with E-state index in [-0.39, 0.29) is 0 Å². The summed E-state index contributed by atoms with van der Waals surface area (Å²) >= 11 is 0. The predicted octanol–water partition coefficient (Wildman–Crippen LogP) is 6.42. The van der Waals surface area contributed by atoms with Gasteiger partial charge in [0.25, 0.3) is 0 Å². The normalized spacial score (nSPS) is 11.4. The zero-order valence-electron chi connectivity index (χ0n) is 15.0. The fraction of sp³-hybridized carbons (Fsp3) is 0.435. The molecule has 1 aromatic heterocycles. The molecule has 3 rings (SSSR count). The van der Waals surface area contributed by atoms with E-state index in [4.69, 9.17) is 0 Å². The van der Waals surface area contributed by atoms with E-state index in [9.17, 15) is 0 Å². The number of fused-ring (bicyclic) bond motifs is 2. The molecule has 3 aromatic rings. The molecule has 0 fully saturated rings.